The lowest BCUT2D eigenvalue weighted by Crippen LogP contribution is -1.84. The van der Waals surface area contributed by atoms with Crippen LogP contribution in [0.3, 0.4) is 0 Å². The maximum atomic E-state index is 3.74. The van der Waals surface area contributed by atoms with Gasteiger partial charge in [0.15, 0.2) is 0 Å². The summed E-state index contributed by atoms with van der Waals surface area (Å²) in [6, 6.07) is 0. The second kappa shape index (κ2) is 23.1. The molecule has 0 aliphatic heterocycles. The third kappa shape index (κ3) is 22.1. The van der Waals surface area contributed by atoms with Crippen LogP contribution in [0.2, 0.25) is 0 Å². The number of hydrogen-bond donors (Lipinski definition) is 0. The van der Waals surface area contributed by atoms with Gasteiger partial charge in [-0.1, -0.05) is 129 Å². The van der Waals surface area contributed by atoms with Crippen molar-refractivity contribution in [2.24, 2.45) is 0 Å². The molecular formula is C23H46S. The van der Waals surface area contributed by atoms with Crippen molar-refractivity contribution in [1.82, 2.24) is 0 Å². The lowest BCUT2D eigenvalue weighted by atomic mass is 10.0. The van der Waals surface area contributed by atoms with E-state index in [-0.39, 0.29) is 0 Å². The van der Waals surface area contributed by atoms with Crippen LogP contribution in [0, 0.1) is 0 Å². The van der Waals surface area contributed by atoms with Crippen molar-refractivity contribution in [3.8, 4) is 0 Å². The molecule has 0 radical (unpaired) electrons. The minimum absolute atomic E-state index is 1.27. The molecule has 0 unspecified atom stereocenters. The molecule has 144 valence electrons. The molecule has 0 bridgehead atoms. The zero-order valence-corrected chi connectivity index (χ0v) is 17.7. The van der Waals surface area contributed by atoms with Crippen LogP contribution in [-0.4, -0.2) is 5.75 Å². The minimum atomic E-state index is 1.27. The van der Waals surface area contributed by atoms with Gasteiger partial charge in [0.1, 0.15) is 0 Å². The first kappa shape index (κ1) is 24.1. The highest BCUT2D eigenvalue weighted by molar-refractivity contribution is 8.02. The van der Waals surface area contributed by atoms with Crippen LogP contribution in [0.15, 0.2) is 12.0 Å². The first-order chi connectivity index (χ1) is 11.9. The monoisotopic (exact) mass is 354 g/mol. The van der Waals surface area contributed by atoms with Crippen molar-refractivity contribution in [3.05, 3.63) is 12.0 Å². The van der Waals surface area contributed by atoms with Gasteiger partial charge in [-0.3, -0.25) is 0 Å². The van der Waals surface area contributed by atoms with Crippen molar-refractivity contribution < 1.29 is 0 Å². The fourth-order valence-electron chi connectivity index (χ4n) is 3.35. The third-order valence-corrected chi connectivity index (χ3v) is 5.74. The normalized spacial score (nSPS) is 11.0. The smallest absolute Gasteiger partial charge is 0.00262 e. The molecule has 0 nitrogen and oxygen atoms in total. The molecule has 0 saturated heterocycles. The van der Waals surface area contributed by atoms with Crippen LogP contribution < -0.4 is 0 Å². The molecule has 0 aromatic carbocycles. The van der Waals surface area contributed by atoms with Gasteiger partial charge < -0.3 is 0 Å². The average molecular weight is 355 g/mol. The SMILES string of the molecule is C=CSCCCCCCCCCCCCCCCCCCCCC. The molecule has 0 spiro atoms. The second-order valence-electron chi connectivity index (χ2n) is 7.40. The highest BCUT2D eigenvalue weighted by atomic mass is 32.2. The summed E-state index contributed by atoms with van der Waals surface area (Å²) in [6.45, 7) is 6.04. The number of unbranched alkanes of at least 4 members (excludes halogenated alkanes) is 18. The summed E-state index contributed by atoms with van der Waals surface area (Å²) in [6.07, 6.45) is 27.7. The van der Waals surface area contributed by atoms with Crippen molar-refractivity contribution in [1.29, 1.82) is 0 Å². The molecule has 1 heteroatoms. The maximum Gasteiger partial charge on any atom is -0.00262 e. The van der Waals surface area contributed by atoms with Crippen LogP contribution in [-0.2, 0) is 0 Å². The Labute approximate surface area is 158 Å². The van der Waals surface area contributed by atoms with E-state index in [4.69, 9.17) is 0 Å². The quantitative estimate of drug-likeness (QED) is 0.185. The molecule has 0 aromatic heterocycles. The summed E-state index contributed by atoms with van der Waals surface area (Å²) in [5.41, 5.74) is 0. The van der Waals surface area contributed by atoms with E-state index >= 15 is 0 Å². The summed E-state index contributed by atoms with van der Waals surface area (Å²) in [5.74, 6) is 1.27. The molecule has 0 heterocycles. The van der Waals surface area contributed by atoms with Gasteiger partial charge in [-0.2, -0.15) is 0 Å². The minimum Gasteiger partial charge on any atom is -0.135 e. The van der Waals surface area contributed by atoms with Crippen LogP contribution in [0.25, 0.3) is 0 Å². The Hall–Kier alpha value is 0.0900. The van der Waals surface area contributed by atoms with Crippen molar-refractivity contribution in [2.75, 3.05) is 5.75 Å². The van der Waals surface area contributed by atoms with E-state index < -0.39 is 0 Å². The lowest BCUT2D eigenvalue weighted by Gasteiger charge is -2.04. The molecular weight excluding hydrogens is 308 g/mol. The zero-order chi connectivity index (χ0) is 17.6. The Kier molecular flexibility index (Phi) is 23.2. The molecule has 0 aliphatic rings. The second-order valence-corrected chi connectivity index (χ2v) is 8.48. The van der Waals surface area contributed by atoms with Gasteiger partial charge in [0, 0.05) is 0 Å². The van der Waals surface area contributed by atoms with E-state index in [1.807, 2.05) is 17.2 Å². The Balaban J connectivity index is 2.94. The summed E-state index contributed by atoms with van der Waals surface area (Å²) in [5, 5.41) is 1.97. The Bertz CT molecular complexity index is 224. The summed E-state index contributed by atoms with van der Waals surface area (Å²) >= 11 is 1.86. The summed E-state index contributed by atoms with van der Waals surface area (Å²) in [4.78, 5) is 0. The van der Waals surface area contributed by atoms with Gasteiger partial charge in [0.05, 0.1) is 0 Å². The van der Waals surface area contributed by atoms with Gasteiger partial charge >= 0.3 is 0 Å². The van der Waals surface area contributed by atoms with Crippen molar-refractivity contribution in [2.45, 2.75) is 129 Å². The van der Waals surface area contributed by atoms with Gasteiger partial charge in [-0.25, -0.2) is 0 Å². The molecule has 0 fully saturated rings. The molecule has 0 amide bonds. The maximum absolute atomic E-state index is 3.74. The highest BCUT2D eigenvalue weighted by Crippen LogP contribution is 2.15. The number of thioether (sulfide) groups is 1. The van der Waals surface area contributed by atoms with Crippen molar-refractivity contribution in [3.63, 3.8) is 0 Å². The van der Waals surface area contributed by atoms with Crippen LogP contribution in [0.1, 0.15) is 129 Å². The molecule has 0 saturated carbocycles. The number of hydrogen-bond acceptors (Lipinski definition) is 1. The Morgan fingerprint density at radius 2 is 0.792 bits per heavy atom. The first-order valence-corrected chi connectivity index (χ1v) is 12.2. The largest absolute Gasteiger partial charge is 0.135 e. The molecule has 0 aromatic rings. The standard InChI is InChI=1S/C23H46S/c1-3-5-6-7-8-9-10-11-12-13-14-15-16-17-18-19-20-21-22-23-24-4-2/h4H,2-3,5-23H2,1H3. The van der Waals surface area contributed by atoms with E-state index in [2.05, 4.69) is 13.5 Å². The van der Waals surface area contributed by atoms with Gasteiger partial charge in [-0.05, 0) is 17.6 Å². The van der Waals surface area contributed by atoms with Crippen LogP contribution in [0.4, 0.5) is 0 Å². The zero-order valence-electron chi connectivity index (χ0n) is 16.8. The molecule has 24 heavy (non-hydrogen) atoms. The van der Waals surface area contributed by atoms with Crippen molar-refractivity contribution >= 4 is 11.8 Å². The van der Waals surface area contributed by atoms with Crippen LogP contribution >= 0.6 is 11.8 Å². The topological polar surface area (TPSA) is 0 Å². The first-order valence-electron chi connectivity index (χ1n) is 11.1. The fourth-order valence-corrected chi connectivity index (χ4v) is 3.88. The fraction of sp³-hybridized carbons (Fsp3) is 0.913. The van der Waals surface area contributed by atoms with E-state index in [1.165, 1.54) is 128 Å². The van der Waals surface area contributed by atoms with E-state index in [1.54, 1.807) is 0 Å². The lowest BCUT2D eigenvalue weighted by molar-refractivity contribution is 0.525. The van der Waals surface area contributed by atoms with Gasteiger partial charge in [0.25, 0.3) is 0 Å². The Morgan fingerprint density at radius 1 is 0.500 bits per heavy atom. The third-order valence-electron chi connectivity index (χ3n) is 4.98. The summed E-state index contributed by atoms with van der Waals surface area (Å²) in [7, 11) is 0. The van der Waals surface area contributed by atoms with E-state index in [0.717, 1.165) is 0 Å². The Morgan fingerprint density at radius 3 is 1.08 bits per heavy atom. The molecule has 0 atom stereocenters. The molecule has 0 rings (SSSR count). The number of rotatable bonds is 21. The highest BCUT2D eigenvalue weighted by Gasteiger charge is 1.95. The van der Waals surface area contributed by atoms with Gasteiger partial charge in [-0.15, -0.1) is 11.8 Å². The predicted molar refractivity (Wildman–Crippen MR) is 116 cm³/mol. The average Bonchev–Trinajstić information content (AvgIpc) is 2.60. The van der Waals surface area contributed by atoms with Crippen LogP contribution in [0.5, 0.6) is 0 Å². The summed E-state index contributed by atoms with van der Waals surface area (Å²) < 4.78 is 0. The van der Waals surface area contributed by atoms with E-state index in [0.29, 0.717) is 0 Å². The predicted octanol–water partition coefficient (Wildman–Crippen LogP) is 9.29. The van der Waals surface area contributed by atoms with Gasteiger partial charge in [0.2, 0.25) is 0 Å². The molecule has 0 N–H and O–H groups in total. The van der Waals surface area contributed by atoms with E-state index in [9.17, 15) is 0 Å². The molecule has 0 aliphatic carbocycles.